The molecule has 0 spiro atoms. The molecule has 2 rings (SSSR count). The molecule has 1 atom stereocenters. The van der Waals surface area contributed by atoms with Crippen molar-refractivity contribution in [2.24, 2.45) is 5.92 Å². The van der Waals surface area contributed by atoms with Crippen LogP contribution in [-0.4, -0.2) is 54.7 Å². The molecule has 0 aromatic carbocycles. The van der Waals surface area contributed by atoms with Gasteiger partial charge in [0.15, 0.2) is 0 Å². The lowest BCUT2D eigenvalue weighted by Gasteiger charge is -2.41. The fraction of sp³-hybridized carbons (Fsp3) is 0.857. The lowest BCUT2D eigenvalue weighted by molar-refractivity contribution is -0.131. The van der Waals surface area contributed by atoms with Crippen LogP contribution in [0.1, 0.15) is 33.6 Å². The van der Waals surface area contributed by atoms with E-state index in [1.807, 2.05) is 20.8 Å². The number of ether oxygens (including phenoxy) is 1. The topological polar surface area (TPSA) is 70.7 Å². The van der Waals surface area contributed by atoms with Crippen molar-refractivity contribution in [3.05, 3.63) is 0 Å². The van der Waals surface area contributed by atoms with E-state index in [1.165, 1.54) is 0 Å². The van der Waals surface area contributed by atoms with Gasteiger partial charge in [0, 0.05) is 13.1 Å². The summed E-state index contributed by atoms with van der Waals surface area (Å²) in [5.41, 5.74) is -0.538. The van der Waals surface area contributed by atoms with Crippen LogP contribution >= 0.6 is 0 Å². The zero-order chi connectivity index (χ0) is 14.8. The lowest BCUT2D eigenvalue weighted by Crippen LogP contribution is -2.61. The van der Waals surface area contributed by atoms with Crippen molar-refractivity contribution in [3.8, 4) is 0 Å². The molecule has 6 nitrogen and oxygen atoms in total. The molecule has 0 aromatic heterocycles. The number of carbonyl (C=O) groups is 2. The first kappa shape index (κ1) is 15.1. The highest BCUT2D eigenvalue weighted by Gasteiger charge is 2.40. The van der Waals surface area contributed by atoms with Gasteiger partial charge in [-0.05, 0) is 52.6 Å². The number of carbonyl (C=O) groups excluding carboxylic acids is 2. The largest absolute Gasteiger partial charge is 0.444 e. The molecule has 1 unspecified atom stereocenters. The fourth-order valence-electron chi connectivity index (χ4n) is 2.84. The number of amides is 2. The van der Waals surface area contributed by atoms with Crippen molar-refractivity contribution >= 4 is 12.0 Å². The van der Waals surface area contributed by atoms with Gasteiger partial charge in [-0.3, -0.25) is 9.69 Å². The third-order valence-electron chi connectivity index (χ3n) is 3.71. The van der Waals surface area contributed by atoms with E-state index in [0.717, 1.165) is 25.9 Å². The van der Waals surface area contributed by atoms with Crippen LogP contribution in [-0.2, 0) is 9.53 Å². The van der Waals surface area contributed by atoms with Gasteiger partial charge in [0.25, 0.3) is 0 Å². The molecular weight excluding hydrogens is 258 g/mol. The van der Waals surface area contributed by atoms with Gasteiger partial charge in [0.2, 0.25) is 5.91 Å². The van der Waals surface area contributed by atoms with Gasteiger partial charge in [0.05, 0.1) is 0 Å². The maximum Gasteiger partial charge on any atom is 0.411 e. The van der Waals surface area contributed by atoms with E-state index in [9.17, 15) is 9.59 Å². The molecular formula is C14H25N3O3. The average Bonchev–Trinajstić information content (AvgIpc) is 2.37. The summed E-state index contributed by atoms with van der Waals surface area (Å²) in [5, 5.41) is 6.15. The number of piperidine rings is 1. The minimum atomic E-state index is -0.538. The number of hydrogen-bond acceptors (Lipinski definition) is 4. The Morgan fingerprint density at radius 3 is 2.50 bits per heavy atom. The van der Waals surface area contributed by atoms with Gasteiger partial charge in [-0.15, -0.1) is 0 Å². The number of piperazine rings is 1. The van der Waals surface area contributed by atoms with Gasteiger partial charge in [-0.1, -0.05) is 0 Å². The molecule has 2 aliphatic rings. The molecule has 2 fully saturated rings. The Kier molecular flexibility index (Phi) is 4.52. The summed E-state index contributed by atoms with van der Waals surface area (Å²) in [6, 6.07) is -0.388. The van der Waals surface area contributed by atoms with Gasteiger partial charge >= 0.3 is 6.09 Å². The summed E-state index contributed by atoms with van der Waals surface area (Å²) in [4.78, 5) is 26.1. The molecule has 20 heavy (non-hydrogen) atoms. The van der Waals surface area contributed by atoms with E-state index >= 15 is 0 Å². The van der Waals surface area contributed by atoms with Crippen molar-refractivity contribution < 1.29 is 14.3 Å². The molecule has 0 aromatic rings. The van der Waals surface area contributed by atoms with Gasteiger partial charge in [-0.25, -0.2) is 4.79 Å². The summed E-state index contributed by atoms with van der Waals surface area (Å²) in [6.07, 6.45) is 1.45. The van der Waals surface area contributed by atoms with E-state index < -0.39 is 5.60 Å². The van der Waals surface area contributed by atoms with Crippen LogP contribution in [0, 0.1) is 5.92 Å². The Balaban J connectivity index is 2.10. The molecule has 0 aliphatic carbocycles. The van der Waals surface area contributed by atoms with E-state index in [0.29, 0.717) is 13.1 Å². The molecule has 2 N–H and O–H groups in total. The maximum absolute atomic E-state index is 12.3. The minimum absolute atomic E-state index is 0.0472. The number of hydrogen-bond donors (Lipinski definition) is 2. The predicted molar refractivity (Wildman–Crippen MR) is 75.3 cm³/mol. The Labute approximate surface area is 120 Å². The van der Waals surface area contributed by atoms with E-state index in [1.54, 1.807) is 4.90 Å². The molecule has 0 bridgehead atoms. The second-order valence-electron chi connectivity index (χ2n) is 6.50. The second kappa shape index (κ2) is 5.99. The highest BCUT2D eigenvalue weighted by atomic mass is 16.6. The zero-order valence-electron chi connectivity index (χ0n) is 12.6. The van der Waals surface area contributed by atoms with Crippen LogP contribution in [0.4, 0.5) is 4.79 Å². The van der Waals surface area contributed by atoms with Crippen LogP contribution in [0.3, 0.4) is 0 Å². The van der Waals surface area contributed by atoms with Crippen molar-refractivity contribution in [3.63, 3.8) is 0 Å². The third kappa shape index (κ3) is 3.62. The predicted octanol–water partition coefficient (Wildman–Crippen LogP) is 0.722. The first-order valence-electron chi connectivity index (χ1n) is 7.36. The number of nitrogens with zero attached hydrogens (tertiary/aromatic N) is 1. The molecule has 2 saturated heterocycles. The van der Waals surface area contributed by atoms with Gasteiger partial charge in [-0.2, -0.15) is 0 Å². The maximum atomic E-state index is 12.3. The zero-order valence-corrected chi connectivity index (χ0v) is 12.6. The van der Waals surface area contributed by atoms with E-state index in [2.05, 4.69) is 10.6 Å². The Morgan fingerprint density at radius 1 is 1.25 bits per heavy atom. The van der Waals surface area contributed by atoms with Crippen LogP contribution in [0.15, 0.2) is 0 Å². The van der Waals surface area contributed by atoms with Crippen molar-refractivity contribution in [1.82, 2.24) is 15.5 Å². The van der Waals surface area contributed by atoms with Crippen molar-refractivity contribution in [2.75, 3.05) is 26.2 Å². The summed E-state index contributed by atoms with van der Waals surface area (Å²) >= 11 is 0. The monoisotopic (exact) mass is 283 g/mol. The van der Waals surface area contributed by atoms with E-state index in [-0.39, 0.29) is 24.0 Å². The van der Waals surface area contributed by atoms with Gasteiger partial charge < -0.3 is 15.4 Å². The van der Waals surface area contributed by atoms with Crippen LogP contribution in [0.5, 0.6) is 0 Å². The quantitative estimate of drug-likeness (QED) is 0.744. The fourth-order valence-corrected chi connectivity index (χ4v) is 2.84. The molecule has 2 amide bonds. The molecule has 2 heterocycles. The Bertz CT molecular complexity index is 372. The number of nitrogens with one attached hydrogen (secondary N) is 2. The average molecular weight is 283 g/mol. The van der Waals surface area contributed by atoms with Crippen LogP contribution < -0.4 is 10.6 Å². The van der Waals surface area contributed by atoms with Crippen LogP contribution in [0.25, 0.3) is 0 Å². The summed E-state index contributed by atoms with van der Waals surface area (Å²) in [6.45, 7) is 8.35. The molecule has 6 heteroatoms. The van der Waals surface area contributed by atoms with Crippen LogP contribution in [0.2, 0.25) is 0 Å². The Hall–Kier alpha value is -1.30. The first-order valence-corrected chi connectivity index (χ1v) is 7.36. The SMILES string of the molecule is CC(C)(C)OC(=O)N1CCNC(=O)C1C1CCNCC1. The Morgan fingerprint density at radius 2 is 1.90 bits per heavy atom. The summed E-state index contributed by atoms with van der Waals surface area (Å²) in [5.74, 6) is 0.165. The molecule has 0 saturated carbocycles. The lowest BCUT2D eigenvalue weighted by atomic mass is 9.88. The van der Waals surface area contributed by atoms with Gasteiger partial charge in [0.1, 0.15) is 11.6 Å². The first-order chi connectivity index (χ1) is 9.38. The third-order valence-corrected chi connectivity index (χ3v) is 3.71. The second-order valence-corrected chi connectivity index (χ2v) is 6.50. The molecule has 114 valence electrons. The summed E-state index contributed by atoms with van der Waals surface area (Å²) in [7, 11) is 0. The smallest absolute Gasteiger partial charge is 0.411 e. The van der Waals surface area contributed by atoms with Crippen molar-refractivity contribution in [1.29, 1.82) is 0 Å². The van der Waals surface area contributed by atoms with Crippen molar-refractivity contribution in [2.45, 2.75) is 45.3 Å². The standard InChI is InChI=1S/C14H25N3O3/c1-14(2,3)20-13(19)17-9-8-16-12(18)11(17)10-4-6-15-7-5-10/h10-11,15H,4-9H2,1-3H3,(H,16,18). The molecule has 2 aliphatic heterocycles. The highest BCUT2D eigenvalue weighted by molar-refractivity contribution is 5.87. The number of rotatable bonds is 1. The molecule has 0 radical (unpaired) electrons. The normalized spacial score (nSPS) is 25.2. The van der Waals surface area contributed by atoms with E-state index in [4.69, 9.17) is 4.74 Å². The summed E-state index contributed by atoms with van der Waals surface area (Å²) < 4.78 is 5.44. The minimum Gasteiger partial charge on any atom is -0.444 e. The highest BCUT2D eigenvalue weighted by Crippen LogP contribution is 2.24.